The maximum atomic E-state index is 4.98. The first-order valence-corrected chi connectivity index (χ1v) is 11.8. The summed E-state index contributed by atoms with van der Waals surface area (Å²) in [4.78, 5) is 9.92. The summed E-state index contributed by atoms with van der Waals surface area (Å²) >= 11 is 0. The molecule has 0 aliphatic carbocycles. The number of imidazole rings is 1. The molecule has 4 aromatic carbocycles. The van der Waals surface area contributed by atoms with Gasteiger partial charge in [0.15, 0.2) is 0 Å². The molecule has 0 radical (unpaired) electrons. The maximum absolute atomic E-state index is 4.98. The summed E-state index contributed by atoms with van der Waals surface area (Å²) in [7, 11) is 0. The van der Waals surface area contributed by atoms with Gasteiger partial charge in [-0.05, 0) is 66.4 Å². The van der Waals surface area contributed by atoms with Crippen molar-refractivity contribution in [1.29, 1.82) is 0 Å². The van der Waals surface area contributed by atoms with E-state index in [0.717, 1.165) is 45.2 Å². The van der Waals surface area contributed by atoms with Crippen LogP contribution in [-0.4, -0.2) is 14.5 Å². The molecule has 4 heteroatoms. The molecule has 0 N–H and O–H groups in total. The number of hydrogen-bond donors (Lipinski definition) is 0. The van der Waals surface area contributed by atoms with E-state index < -0.39 is 0 Å². The van der Waals surface area contributed by atoms with Crippen LogP contribution in [-0.2, 0) is 0 Å². The van der Waals surface area contributed by atoms with Gasteiger partial charge in [-0.25, -0.2) is 9.55 Å². The highest BCUT2D eigenvalue weighted by Gasteiger charge is 2.23. The number of benzene rings is 4. The SMILES string of the molecule is Cc1nc2c(nc1C)[n+](-c1ccccc1)cn2-c1cc(-c2ccccc2)cc(-c2ccccc2)c1. The average Bonchev–Trinajstić information content (AvgIpc) is 3.28. The molecule has 6 aromatic rings. The zero-order valence-electron chi connectivity index (χ0n) is 19.8. The highest BCUT2D eigenvalue weighted by molar-refractivity contribution is 5.77. The number of para-hydroxylation sites is 1. The Morgan fingerprint density at radius 3 is 1.66 bits per heavy atom. The molecule has 2 aromatic heterocycles. The molecular formula is C31H25N4+. The van der Waals surface area contributed by atoms with E-state index in [1.165, 1.54) is 11.1 Å². The second kappa shape index (κ2) is 8.65. The summed E-state index contributed by atoms with van der Waals surface area (Å²) in [5.74, 6) is 0. The van der Waals surface area contributed by atoms with Crippen LogP contribution in [0.4, 0.5) is 0 Å². The summed E-state index contributed by atoms with van der Waals surface area (Å²) in [5, 5.41) is 0. The van der Waals surface area contributed by atoms with Gasteiger partial charge in [0.05, 0.1) is 5.69 Å². The first-order chi connectivity index (χ1) is 17.2. The van der Waals surface area contributed by atoms with E-state index in [-0.39, 0.29) is 0 Å². The molecule has 0 saturated carbocycles. The van der Waals surface area contributed by atoms with E-state index in [2.05, 4.69) is 94.3 Å². The van der Waals surface area contributed by atoms with Crippen LogP contribution in [0.5, 0.6) is 0 Å². The normalized spacial score (nSPS) is 11.1. The third-order valence-electron chi connectivity index (χ3n) is 6.40. The first kappa shape index (κ1) is 21.0. The molecule has 4 nitrogen and oxygen atoms in total. The molecule has 0 bridgehead atoms. The van der Waals surface area contributed by atoms with E-state index in [4.69, 9.17) is 9.97 Å². The van der Waals surface area contributed by atoms with E-state index in [1.54, 1.807) is 0 Å². The van der Waals surface area contributed by atoms with Gasteiger partial charge >= 0.3 is 5.65 Å². The molecule has 2 heterocycles. The van der Waals surface area contributed by atoms with Crippen molar-refractivity contribution in [3.8, 4) is 33.6 Å². The number of aromatic nitrogens is 4. The molecule has 0 fully saturated rings. The fourth-order valence-electron chi connectivity index (χ4n) is 4.44. The standard InChI is InChI=1S/C31H25N4/c1-22-23(2)33-31-30(32-22)34(28-16-10-5-11-17-28)21-35(31)29-19-26(24-12-6-3-7-13-24)18-27(20-29)25-14-8-4-9-15-25/h3-21H,1-2H3/q+1. The van der Waals surface area contributed by atoms with Crippen molar-refractivity contribution >= 4 is 11.3 Å². The monoisotopic (exact) mass is 453 g/mol. The van der Waals surface area contributed by atoms with Gasteiger partial charge in [-0.3, -0.25) is 0 Å². The van der Waals surface area contributed by atoms with E-state index in [1.807, 2.05) is 44.2 Å². The summed E-state index contributed by atoms with van der Waals surface area (Å²) in [5.41, 5.74) is 10.3. The summed E-state index contributed by atoms with van der Waals surface area (Å²) in [6.45, 7) is 4.03. The van der Waals surface area contributed by atoms with Gasteiger partial charge in [0.2, 0.25) is 6.33 Å². The predicted octanol–water partition coefficient (Wildman–Crippen LogP) is 6.65. The summed E-state index contributed by atoms with van der Waals surface area (Å²) in [6.07, 6.45) is 2.09. The Balaban J connectivity index is 1.64. The van der Waals surface area contributed by atoms with Gasteiger partial charge in [0, 0.05) is 0 Å². The Bertz CT molecular complexity index is 1580. The van der Waals surface area contributed by atoms with E-state index in [0.29, 0.717) is 0 Å². The number of rotatable bonds is 4. The fourth-order valence-corrected chi connectivity index (χ4v) is 4.44. The van der Waals surface area contributed by atoms with Crippen LogP contribution in [0.1, 0.15) is 11.4 Å². The lowest BCUT2D eigenvalue weighted by atomic mass is 9.98. The zero-order chi connectivity index (χ0) is 23.8. The van der Waals surface area contributed by atoms with Gasteiger partial charge in [-0.15, -0.1) is 4.98 Å². The Morgan fingerprint density at radius 2 is 1.09 bits per heavy atom. The van der Waals surface area contributed by atoms with Crippen molar-refractivity contribution in [3.63, 3.8) is 0 Å². The molecule has 0 unspecified atom stereocenters. The number of nitrogens with zero attached hydrogens (tertiary/aromatic N) is 4. The number of hydrogen-bond acceptors (Lipinski definition) is 2. The first-order valence-electron chi connectivity index (χ1n) is 11.8. The lowest BCUT2D eigenvalue weighted by Gasteiger charge is -2.10. The Labute approximate surface area is 204 Å². The molecule has 0 saturated heterocycles. The second-order valence-electron chi connectivity index (χ2n) is 8.73. The molecule has 0 spiro atoms. The van der Waals surface area contributed by atoms with Crippen molar-refractivity contribution in [2.75, 3.05) is 0 Å². The van der Waals surface area contributed by atoms with Crippen LogP contribution in [0.3, 0.4) is 0 Å². The molecule has 6 rings (SSSR count). The molecule has 0 aliphatic heterocycles. The van der Waals surface area contributed by atoms with Gasteiger partial charge in [0.25, 0.3) is 5.65 Å². The van der Waals surface area contributed by atoms with E-state index >= 15 is 0 Å². The Hall–Kier alpha value is -4.57. The van der Waals surface area contributed by atoms with Crippen molar-refractivity contribution in [1.82, 2.24) is 14.5 Å². The quantitative estimate of drug-likeness (QED) is 0.280. The minimum atomic E-state index is 0.834. The highest BCUT2D eigenvalue weighted by atomic mass is 15.2. The van der Waals surface area contributed by atoms with Crippen molar-refractivity contribution in [2.45, 2.75) is 13.8 Å². The van der Waals surface area contributed by atoms with Crippen LogP contribution in [0.2, 0.25) is 0 Å². The van der Waals surface area contributed by atoms with Crippen molar-refractivity contribution < 1.29 is 4.57 Å². The van der Waals surface area contributed by atoms with Crippen molar-refractivity contribution in [3.05, 3.63) is 127 Å². The number of fused-ring (bicyclic) bond motifs is 1. The average molecular weight is 454 g/mol. The topological polar surface area (TPSA) is 34.6 Å². The fraction of sp³-hybridized carbons (Fsp3) is 0.0645. The van der Waals surface area contributed by atoms with Gasteiger partial charge in [0.1, 0.15) is 17.1 Å². The van der Waals surface area contributed by atoms with Gasteiger partial charge in [-0.1, -0.05) is 78.9 Å². The lowest BCUT2D eigenvalue weighted by Crippen LogP contribution is -2.29. The van der Waals surface area contributed by atoms with Gasteiger partial charge in [-0.2, -0.15) is 4.57 Å². The van der Waals surface area contributed by atoms with Crippen LogP contribution in [0, 0.1) is 13.8 Å². The van der Waals surface area contributed by atoms with Crippen molar-refractivity contribution in [2.24, 2.45) is 0 Å². The minimum Gasteiger partial charge on any atom is -0.212 e. The highest BCUT2D eigenvalue weighted by Crippen LogP contribution is 2.31. The predicted molar refractivity (Wildman–Crippen MR) is 141 cm³/mol. The minimum absolute atomic E-state index is 0.834. The van der Waals surface area contributed by atoms with Crippen LogP contribution >= 0.6 is 0 Å². The third-order valence-corrected chi connectivity index (χ3v) is 6.40. The maximum Gasteiger partial charge on any atom is 0.327 e. The van der Waals surface area contributed by atoms with Gasteiger partial charge < -0.3 is 0 Å². The van der Waals surface area contributed by atoms with Crippen LogP contribution in [0.25, 0.3) is 44.9 Å². The summed E-state index contributed by atoms with van der Waals surface area (Å²) < 4.78 is 4.27. The molecule has 0 atom stereocenters. The number of aryl methyl sites for hydroxylation is 2. The molecular weight excluding hydrogens is 428 g/mol. The summed E-state index contributed by atoms with van der Waals surface area (Å²) in [6, 6.07) is 38.0. The second-order valence-corrected chi connectivity index (χ2v) is 8.73. The lowest BCUT2D eigenvalue weighted by molar-refractivity contribution is -0.570. The van der Waals surface area contributed by atoms with Crippen LogP contribution < -0.4 is 4.57 Å². The molecule has 168 valence electrons. The smallest absolute Gasteiger partial charge is 0.212 e. The Morgan fingerprint density at radius 1 is 0.571 bits per heavy atom. The zero-order valence-corrected chi connectivity index (χ0v) is 19.8. The largest absolute Gasteiger partial charge is 0.327 e. The molecule has 0 amide bonds. The van der Waals surface area contributed by atoms with Crippen LogP contribution in [0.15, 0.2) is 116 Å². The third kappa shape index (κ3) is 3.89. The Kier molecular flexibility index (Phi) is 5.19. The molecule has 0 aliphatic rings. The molecule has 35 heavy (non-hydrogen) atoms. The van der Waals surface area contributed by atoms with E-state index in [9.17, 15) is 0 Å².